The van der Waals surface area contributed by atoms with E-state index in [-0.39, 0.29) is 17.0 Å². The average molecular weight is 330 g/mol. The van der Waals surface area contributed by atoms with Crippen LogP contribution in [0.4, 0.5) is 10.1 Å². The van der Waals surface area contributed by atoms with Crippen LogP contribution in [0.5, 0.6) is 0 Å². The van der Waals surface area contributed by atoms with E-state index in [2.05, 4.69) is 10.2 Å². The van der Waals surface area contributed by atoms with Gasteiger partial charge in [-0.2, -0.15) is 0 Å². The molecule has 0 saturated carbocycles. The largest absolute Gasteiger partial charge is 0.325 e. The number of rotatable bonds is 4. The molecule has 1 aliphatic heterocycles. The van der Waals surface area contributed by atoms with Crippen LogP contribution < -0.4 is 5.32 Å². The Hall–Kier alpha value is -1.85. The molecule has 1 N–H and O–H groups in total. The number of halogens is 1. The Morgan fingerprint density at radius 1 is 1.17 bits per heavy atom. The molecule has 120 valence electrons. The number of para-hydroxylation sites is 1. The Balaban J connectivity index is 1.59. The second kappa shape index (κ2) is 7.62. The number of nitrogens with zero attached hydrogens (tertiary/aromatic N) is 1. The molecule has 2 aromatic carbocycles. The van der Waals surface area contributed by atoms with Crippen molar-refractivity contribution in [2.75, 3.05) is 24.2 Å². The molecule has 0 spiro atoms. The number of nitrogens with one attached hydrogen (secondary N) is 1. The van der Waals surface area contributed by atoms with Crippen LogP contribution in [0, 0.1) is 5.82 Å². The zero-order valence-electron chi connectivity index (χ0n) is 12.7. The number of hydrogen-bond acceptors (Lipinski definition) is 3. The van der Waals surface area contributed by atoms with Crippen molar-refractivity contribution in [3.05, 3.63) is 66.0 Å². The molecular formula is C18H19FN2OS. The van der Waals surface area contributed by atoms with Crippen molar-refractivity contribution in [3.63, 3.8) is 0 Å². The number of carbonyl (C=O) groups is 1. The molecule has 0 bridgehead atoms. The lowest BCUT2D eigenvalue weighted by atomic mass is 10.2. The molecule has 1 atom stereocenters. The van der Waals surface area contributed by atoms with Crippen molar-refractivity contribution in [1.82, 2.24) is 4.90 Å². The van der Waals surface area contributed by atoms with Gasteiger partial charge < -0.3 is 5.32 Å². The Kier molecular flexibility index (Phi) is 5.31. The summed E-state index contributed by atoms with van der Waals surface area (Å²) in [6, 6.07) is 16.3. The van der Waals surface area contributed by atoms with E-state index in [1.807, 2.05) is 36.4 Å². The monoisotopic (exact) mass is 330 g/mol. The van der Waals surface area contributed by atoms with Crippen molar-refractivity contribution in [2.45, 2.75) is 11.8 Å². The highest BCUT2D eigenvalue weighted by Gasteiger charge is 2.26. The fourth-order valence-electron chi connectivity index (χ4n) is 2.62. The van der Waals surface area contributed by atoms with Gasteiger partial charge in [0.1, 0.15) is 5.82 Å². The zero-order valence-corrected chi connectivity index (χ0v) is 13.6. The molecule has 3 nitrogen and oxygen atoms in total. The summed E-state index contributed by atoms with van der Waals surface area (Å²) in [5, 5.41) is 2.82. The van der Waals surface area contributed by atoms with Crippen LogP contribution in [0.1, 0.15) is 5.56 Å². The van der Waals surface area contributed by atoms with Gasteiger partial charge in [-0.05, 0) is 18.2 Å². The first kappa shape index (κ1) is 16.0. The van der Waals surface area contributed by atoms with Crippen LogP contribution in [-0.2, 0) is 11.3 Å². The van der Waals surface area contributed by atoms with Gasteiger partial charge in [0.05, 0.1) is 5.25 Å². The van der Waals surface area contributed by atoms with Crippen molar-refractivity contribution in [3.8, 4) is 0 Å². The van der Waals surface area contributed by atoms with Crippen molar-refractivity contribution in [2.24, 2.45) is 0 Å². The topological polar surface area (TPSA) is 32.3 Å². The minimum Gasteiger partial charge on any atom is -0.325 e. The summed E-state index contributed by atoms with van der Waals surface area (Å²) in [5.74, 6) is 0.705. The number of amides is 1. The highest BCUT2D eigenvalue weighted by Crippen LogP contribution is 2.22. The molecule has 1 aliphatic rings. The van der Waals surface area contributed by atoms with E-state index in [1.165, 1.54) is 6.07 Å². The fraction of sp³-hybridized carbons (Fsp3) is 0.278. The summed E-state index contributed by atoms with van der Waals surface area (Å²) in [7, 11) is 0. The van der Waals surface area contributed by atoms with Crippen LogP contribution >= 0.6 is 11.8 Å². The number of benzene rings is 2. The fourth-order valence-corrected chi connectivity index (χ4v) is 3.79. The first-order chi connectivity index (χ1) is 11.2. The molecule has 2 aromatic rings. The SMILES string of the molecule is O=C(Nc1ccccc1)C1CN(Cc2ccccc2F)CCS1. The molecule has 1 amide bonds. The molecular weight excluding hydrogens is 311 g/mol. The minimum atomic E-state index is -0.184. The standard InChI is InChI=1S/C18H19FN2OS/c19-16-9-5-4-6-14(16)12-21-10-11-23-17(13-21)18(22)20-15-7-2-1-3-8-15/h1-9,17H,10-13H2,(H,20,22). The molecule has 1 saturated heterocycles. The summed E-state index contributed by atoms with van der Waals surface area (Å²) in [4.78, 5) is 14.5. The third kappa shape index (κ3) is 4.33. The van der Waals surface area contributed by atoms with E-state index in [0.717, 1.165) is 18.0 Å². The minimum absolute atomic E-state index is 0.0134. The van der Waals surface area contributed by atoms with E-state index < -0.39 is 0 Å². The van der Waals surface area contributed by atoms with E-state index in [4.69, 9.17) is 0 Å². The summed E-state index contributed by atoms with van der Waals surface area (Å²) in [6.07, 6.45) is 0. The molecule has 0 aliphatic carbocycles. The first-order valence-corrected chi connectivity index (χ1v) is 8.70. The lowest BCUT2D eigenvalue weighted by Gasteiger charge is -2.31. The van der Waals surface area contributed by atoms with Gasteiger partial charge >= 0.3 is 0 Å². The summed E-state index contributed by atoms with van der Waals surface area (Å²) in [5.41, 5.74) is 1.49. The number of thioether (sulfide) groups is 1. The van der Waals surface area contributed by atoms with Crippen molar-refractivity contribution >= 4 is 23.4 Å². The average Bonchev–Trinajstić information content (AvgIpc) is 2.58. The van der Waals surface area contributed by atoms with E-state index in [1.54, 1.807) is 23.9 Å². The van der Waals surface area contributed by atoms with Gasteiger partial charge in [-0.25, -0.2) is 4.39 Å². The third-order valence-electron chi connectivity index (χ3n) is 3.84. The second-order valence-corrected chi connectivity index (χ2v) is 6.85. The van der Waals surface area contributed by atoms with E-state index in [0.29, 0.717) is 18.7 Å². The summed E-state index contributed by atoms with van der Waals surface area (Å²) < 4.78 is 13.8. The lowest BCUT2D eigenvalue weighted by molar-refractivity contribution is -0.116. The number of hydrogen-bond donors (Lipinski definition) is 1. The van der Waals surface area contributed by atoms with Crippen LogP contribution in [-0.4, -0.2) is 34.9 Å². The lowest BCUT2D eigenvalue weighted by Crippen LogP contribution is -2.43. The summed E-state index contributed by atoms with van der Waals surface area (Å²) >= 11 is 1.66. The second-order valence-electron chi connectivity index (χ2n) is 5.54. The van der Waals surface area contributed by atoms with Crippen LogP contribution in [0.3, 0.4) is 0 Å². The molecule has 1 fully saturated rings. The molecule has 5 heteroatoms. The zero-order chi connectivity index (χ0) is 16.1. The molecule has 3 rings (SSSR count). The summed E-state index contributed by atoms with van der Waals surface area (Å²) in [6.45, 7) is 2.05. The Labute approximate surface area is 139 Å². The molecule has 0 aromatic heterocycles. The van der Waals surface area contributed by atoms with Crippen molar-refractivity contribution in [1.29, 1.82) is 0 Å². The Morgan fingerprint density at radius 2 is 1.91 bits per heavy atom. The maximum atomic E-state index is 13.8. The van der Waals surface area contributed by atoms with Gasteiger partial charge in [-0.1, -0.05) is 36.4 Å². The Bertz CT molecular complexity index is 665. The molecule has 23 heavy (non-hydrogen) atoms. The van der Waals surface area contributed by atoms with Crippen LogP contribution in [0.15, 0.2) is 54.6 Å². The van der Waals surface area contributed by atoms with Gasteiger partial charge in [-0.3, -0.25) is 9.69 Å². The van der Waals surface area contributed by atoms with Gasteiger partial charge in [0, 0.05) is 36.6 Å². The molecule has 0 radical (unpaired) electrons. The van der Waals surface area contributed by atoms with Crippen LogP contribution in [0.2, 0.25) is 0 Å². The van der Waals surface area contributed by atoms with E-state index in [9.17, 15) is 9.18 Å². The van der Waals surface area contributed by atoms with E-state index >= 15 is 0 Å². The highest BCUT2D eigenvalue weighted by atomic mass is 32.2. The third-order valence-corrected chi connectivity index (χ3v) is 5.02. The Morgan fingerprint density at radius 3 is 2.70 bits per heavy atom. The van der Waals surface area contributed by atoms with Gasteiger partial charge in [0.2, 0.25) is 5.91 Å². The van der Waals surface area contributed by atoms with Gasteiger partial charge in [0.15, 0.2) is 0 Å². The quantitative estimate of drug-likeness (QED) is 0.933. The maximum absolute atomic E-state index is 13.8. The maximum Gasteiger partial charge on any atom is 0.238 e. The van der Waals surface area contributed by atoms with Crippen molar-refractivity contribution < 1.29 is 9.18 Å². The normalized spacial score (nSPS) is 18.6. The smallest absolute Gasteiger partial charge is 0.238 e. The highest BCUT2D eigenvalue weighted by molar-refractivity contribution is 8.00. The predicted molar refractivity (Wildman–Crippen MR) is 93.0 cm³/mol. The molecule has 1 heterocycles. The van der Waals surface area contributed by atoms with Gasteiger partial charge in [0.25, 0.3) is 0 Å². The molecule has 1 unspecified atom stereocenters. The number of carbonyl (C=O) groups excluding carboxylic acids is 1. The van der Waals surface area contributed by atoms with Crippen LogP contribution in [0.25, 0.3) is 0 Å². The van der Waals surface area contributed by atoms with Gasteiger partial charge in [-0.15, -0.1) is 11.8 Å². The predicted octanol–water partition coefficient (Wildman–Crippen LogP) is 3.38. The first-order valence-electron chi connectivity index (χ1n) is 7.65. The number of anilines is 1.